The number of halogens is 2. The Morgan fingerprint density at radius 3 is 2.11 bits per heavy atom. The highest BCUT2D eigenvalue weighted by atomic mass is 19.3. The number of Topliss-reactive ketones (excluding diaryl/α,β-unsaturated/α-hetero) is 1. The SMILES string of the molecule is O=C(COc1ccc([N+](=O)[O-])cc1)OCC(=O)c1ccc(OC(F)F)cc1. The smallest absolute Gasteiger partial charge is 0.387 e. The third-order valence-electron chi connectivity index (χ3n) is 3.17. The number of carbonyl (C=O) groups excluding carboxylic acids is 2. The number of nitrogens with zero attached hydrogens (tertiary/aromatic N) is 1. The molecular formula is C17H13F2NO7. The fourth-order valence-corrected chi connectivity index (χ4v) is 1.90. The van der Waals surface area contributed by atoms with E-state index in [1.807, 2.05) is 0 Å². The Hall–Kier alpha value is -3.56. The average Bonchev–Trinajstić information content (AvgIpc) is 2.65. The average molecular weight is 381 g/mol. The molecule has 8 nitrogen and oxygen atoms in total. The normalized spacial score (nSPS) is 10.3. The van der Waals surface area contributed by atoms with Gasteiger partial charge < -0.3 is 14.2 Å². The van der Waals surface area contributed by atoms with Crippen molar-refractivity contribution < 1.29 is 37.5 Å². The summed E-state index contributed by atoms with van der Waals surface area (Å²) in [5, 5.41) is 10.5. The Bertz CT molecular complexity index is 807. The van der Waals surface area contributed by atoms with Crippen molar-refractivity contribution in [1.29, 1.82) is 0 Å². The molecule has 0 heterocycles. The minimum atomic E-state index is -2.97. The van der Waals surface area contributed by atoms with E-state index in [0.717, 1.165) is 0 Å². The van der Waals surface area contributed by atoms with Crippen LogP contribution in [0.2, 0.25) is 0 Å². The third kappa shape index (κ3) is 6.34. The van der Waals surface area contributed by atoms with Crippen molar-refractivity contribution in [3.8, 4) is 11.5 Å². The second-order valence-electron chi connectivity index (χ2n) is 5.03. The van der Waals surface area contributed by atoms with Crippen molar-refractivity contribution in [2.75, 3.05) is 13.2 Å². The van der Waals surface area contributed by atoms with Crippen LogP contribution < -0.4 is 9.47 Å². The van der Waals surface area contributed by atoms with Gasteiger partial charge in [-0.15, -0.1) is 0 Å². The van der Waals surface area contributed by atoms with Gasteiger partial charge in [-0.2, -0.15) is 8.78 Å². The highest BCUT2D eigenvalue weighted by molar-refractivity contribution is 5.98. The zero-order valence-electron chi connectivity index (χ0n) is 13.7. The predicted octanol–water partition coefficient (Wildman–Crippen LogP) is 3.00. The maximum Gasteiger partial charge on any atom is 0.387 e. The number of alkyl halides is 2. The van der Waals surface area contributed by atoms with Crippen LogP contribution in [-0.2, 0) is 9.53 Å². The first-order valence-corrected chi connectivity index (χ1v) is 7.46. The molecule has 0 spiro atoms. The van der Waals surface area contributed by atoms with Gasteiger partial charge in [-0.05, 0) is 36.4 Å². The van der Waals surface area contributed by atoms with E-state index in [-0.39, 0.29) is 22.7 Å². The Morgan fingerprint density at radius 1 is 0.963 bits per heavy atom. The number of benzene rings is 2. The maximum atomic E-state index is 12.1. The lowest BCUT2D eigenvalue weighted by Crippen LogP contribution is -2.19. The molecule has 0 amide bonds. The Balaban J connectivity index is 1.77. The Kier molecular flexibility index (Phi) is 6.75. The van der Waals surface area contributed by atoms with Gasteiger partial charge in [0.15, 0.2) is 19.0 Å². The van der Waals surface area contributed by atoms with Gasteiger partial charge in [0.1, 0.15) is 11.5 Å². The van der Waals surface area contributed by atoms with Crippen LogP contribution >= 0.6 is 0 Å². The summed E-state index contributed by atoms with van der Waals surface area (Å²) in [6.07, 6.45) is 0. The first-order chi connectivity index (χ1) is 12.8. The molecule has 27 heavy (non-hydrogen) atoms. The van der Waals surface area contributed by atoms with Gasteiger partial charge in [-0.25, -0.2) is 4.79 Å². The van der Waals surface area contributed by atoms with Gasteiger partial charge in [0.05, 0.1) is 4.92 Å². The van der Waals surface area contributed by atoms with E-state index in [1.54, 1.807) is 0 Å². The quantitative estimate of drug-likeness (QED) is 0.285. The Labute approximate surface area is 151 Å². The van der Waals surface area contributed by atoms with Crippen molar-refractivity contribution in [3.05, 3.63) is 64.2 Å². The molecule has 0 aromatic heterocycles. The van der Waals surface area contributed by atoms with Gasteiger partial charge in [-0.3, -0.25) is 14.9 Å². The van der Waals surface area contributed by atoms with E-state index in [9.17, 15) is 28.5 Å². The molecule has 0 saturated carbocycles. The first-order valence-electron chi connectivity index (χ1n) is 7.46. The van der Waals surface area contributed by atoms with Crippen LogP contribution in [0.5, 0.6) is 11.5 Å². The zero-order chi connectivity index (χ0) is 19.8. The molecule has 2 rings (SSSR count). The lowest BCUT2D eigenvalue weighted by molar-refractivity contribution is -0.384. The van der Waals surface area contributed by atoms with Crippen molar-refractivity contribution >= 4 is 17.4 Å². The number of ketones is 1. The van der Waals surface area contributed by atoms with Crippen LogP contribution in [0.15, 0.2) is 48.5 Å². The minimum Gasteiger partial charge on any atom is -0.482 e. The number of carbonyl (C=O) groups is 2. The van der Waals surface area contributed by atoms with Crippen LogP contribution in [0.4, 0.5) is 14.5 Å². The molecule has 0 aliphatic carbocycles. The van der Waals surface area contributed by atoms with Crippen LogP contribution in [0.1, 0.15) is 10.4 Å². The molecule has 2 aromatic rings. The molecule has 142 valence electrons. The lowest BCUT2D eigenvalue weighted by Gasteiger charge is -2.07. The summed E-state index contributed by atoms with van der Waals surface area (Å²) in [6, 6.07) is 9.98. The van der Waals surface area contributed by atoms with E-state index in [0.29, 0.717) is 0 Å². The van der Waals surface area contributed by atoms with Crippen LogP contribution in [0, 0.1) is 10.1 Å². The topological polar surface area (TPSA) is 105 Å². The van der Waals surface area contributed by atoms with Gasteiger partial charge in [-0.1, -0.05) is 0 Å². The fourth-order valence-electron chi connectivity index (χ4n) is 1.90. The summed E-state index contributed by atoms with van der Waals surface area (Å²) in [4.78, 5) is 33.4. The number of hydrogen-bond acceptors (Lipinski definition) is 7. The van der Waals surface area contributed by atoms with Crippen LogP contribution in [0.25, 0.3) is 0 Å². The zero-order valence-corrected chi connectivity index (χ0v) is 13.7. The van der Waals surface area contributed by atoms with Gasteiger partial charge in [0.2, 0.25) is 0 Å². The van der Waals surface area contributed by atoms with Crippen molar-refractivity contribution in [3.63, 3.8) is 0 Å². The maximum absolute atomic E-state index is 12.1. The number of esters is 1. The monoisotopic (exact) mass is 381 g/mol. The summed E-state index contributed by atoms with van der Waals surface area (Å²) < 4.78 is 38.1. The predicted molar refractivity (Wildman–Crippen MR) is 87.0 cm³/mol. The van der Waals surface area contributed by atoms with Crippen molar-refractivity contribution in [2.45, 2.75) is 6.61 Å². The van der Waals surface area contributed by atoms with Crippen molar-refractivity contribution in [1.82, 2.24) is 0 Å². The molecule has 0 radical (unpaired) electrons. The van der Waals surface area contributed by atoms with E-state index in [2.05, 4.69) is 4.74 Å². The molecule has 0 fully saturated rings. The summed E-state index contributed by atoms with van der Waals surface area (Å²) in [7, 11) is 0. The molecule has 0 saturated heterocycles. The molecular weight excluding hydrogens is 368 g/mol. The van der Waals surface area contributed by atoms with E-state index in [4.69, 9.17) is 9.47 Å². The highest BCUT2D eigenvalue weighted by Crippen LogP contribution is 2.17. The van der Waals surface area contributed by atoms with Crippen LogP contribution in [-0.4, -0.2) is 36.5 Å². The Morgan fingerprint density at radius 2 is 1.56 bits per heavy atom. The van der Waals surface area contributed by atoms with E-state index >= 15 is 0 Å². The molecule has 0 aliphatic rings. The molecule has 0 aliphatic heterocycles. The molecule has 0 unspecified atom stereocenters. The number of nitro benzene ring substituents is 1. The molecule has 2 aromatic carbocycles. The summed E-state index contributed by atoms with van der Waals surface area (Å²) in [5.74, 6) is -1.24. The summed E-state index contributed by atoms with van der Waals surface area (Å²) >= 11 is 0. The number of ether oxygens (including phenoxy) is 3. The summed E-state index contributed by atoms with van der Waals surface area (Å²) in [5.41, 5.74) is 0.0289. The molecule has 0 N–H and O–H groups in total. The van der Waals surface area contributed by atoms with Gasteiger partial charge in [0.25, 0.3) is 5.69 Å². The largest absolute Gasteiger partial charge is 0.482 e. The standard InChI is InChI=1S/C17H13F2NO7/c18-17(19)27-14-5-1-11(2-6-14)15(21)9-26-16(22)10-25-13-7-3-12(4-8-13)20(23)24/h1-8,17H,9-10H2. The molecule has 0 atom stereocenters. The van der Waals surface area contributed by atoms with Gasteiger partial charge in [0, 0.05) is 17.7 Å². The van der Waals surface area contributed by atoms with E-state index in [1.165, 1.54) is 48.5 Å². The third-order valence-corrected chi connectivity index (χ3v) is 3.17. The molecule has 10 heteroatoms. The second kappa shape index (κ2) is 9.22. The number of nitro groups is 1. The minimum absolute atomic E-state index is 0.102. The van der Waals surface area contributed by atoms with E-state index < -0.39 is 36.5 Å². The van der Waals surface area contributed by atoms with Gasteiger partial charge >= 0.3 is 12.6 Å². The highest BCUT2D eigenvalue weighted by Gasteiger charge is 2.12. The van der Waals surface area contributed by atoms with Crippen LogP contribution in [0.3, 0.4) is 0 Å². The van der Waals surface area contributed by atoms with Crippen molar-refractivity contribution in [2.24, 2.45) is 0 Å². The number of rotatable bonds is 9. The number of non-ortho nitro benzene ring substituents is 1. The fraction of sp³-hybridized carbons (Fsp3) is 0.176. The summed E-state index contributed by atoms with van der Waals surface area (Å²) in [6.45, 7) is -4.02. The lowest BCUT2D eigenvalue weighted by atomic mass is 10.1. The second-order valence-corrected chi connectivity index (χ2v) is 5.03. The molecule has 0 bridgehead atoms. The number of hydrogen-bond donors (Lipinski definition) is 0. The first kappa shape index (κ1) is 19.8.